The molecule has 0 saturated heterocycles. The van der Waals surface area contributed by atoms with Crippen LogP contribution in [0.15, 0.2) is 30.3 Å². The molecule has 21 heavy (non-hydrogen) atoms. The number of carbonyl (C=O) groups excluding carboxylic acids is 1. The Hall–Kier alpha value is -1.01. The Kier molecular flexibility index (Phi) is 4.01. The lowest BCUT2D eigenvalue weighted by Crippen LogP contribution is -2.41. The zero-order valence-electron chi connectivity index (χ0n) is 11.9. The highest BCUT2D eigenvalue weighted by Crippen LogP contribution is 2.29. The summed E-state index contributed by atoms with van der Waals surface area (Å²) in [6.45, 7) is 5.76. The van der Waals surface area contributed by atoms with Gasteiger partial charge in [0.1, 0.15) is 0 Å². The van der Waals surface area contributed by atoms with E-state index in [2.05, 4.69) is 53.1 Å². The number of nitrogens with zero attached hydrogens (tertiary/aromatic N) is 2. The minimum Gasteiger partial charge on any atom is -0.345 e. The molecule has 0 fully saturated rings. The number of hydrogen-bond donors (Lipinski definition) is 0. The van der Waals surface area contributed by atoms with Crippen LogP contribution in [-0.2, 0) is 6.54 Å². The Balaban J connectivity index is 1.91. The Morgan fingerprint density at radius 3 is 2.76 bits per heavy atom. The lowest BCUT2D eigenvalue weighted by atomic mass is 10.1. The van der Waals surface area contributed by atoms with Crippen LogP contribution in [0.4, 0.5) is 0 Å². The normalized spacial score (nSPS) is 17.7. The van der Waals surface area contributed by atoms with Gasteiger partial charge in [-0.2, -0.15) is 0 Å². The van der Waals surface area contributed by atoms with E-state index in [0.717, 1.165) is 16.7 Å². The van der Waals surface area contributed by atoms with Crippen molar-refractivity contribution in [2.24, 2.45) is 0 Å². The standard InChI is InChI=1S/C16H16ClIN2O/c1-10-3-6-15-11(2)20(8-7-19(10)15)16(21)12-4-5-14(18)13(17)9-12/h3-6,9,11H,7-8H2,1-2H3. The van der Waals surface area contributed by atoms with Crippen LogP contribution in [0, 0.1) is 10.5 Å². The molecule has 0 saturated carbocycles. The third-order valence-electron chi connectivity index (χ3n) is 4.12. The highest BCUT2D eigenvalue weighted by atomic mass is 127. The fourth-order valence-electron chi connectivity index (χ4n) is 2.89. The summed E-state index contributed by atoms with van der Waals surface area (Å²) < 4.78 is 3.25. The van der Waals surface area contributed by atoms with Gasteiger partial charge in [0.15, 0.2) is 0 Å². The van der Waals surface area contributed by atoms with E-state index in [1.54, 1.807) is 6.07 Å². The van der Waals surface area contributed by atoms with Crippen molar-refractivity contribution in [1.29, 1.82) is 0 Å². The molecule has 0 aliphatic carbocycles. The SMILES string of the molecule is Cc1ccc2n1CCN(C(=O)c1ccc(I)c(Cl)c1)C2C. The second-order valence-corrected chi connectivity index (χ2v) is 6.92. The number of carbonyl (C=O) groups is 1. The number of amides is 1. The summed E-state index contributed by atoms with van der Waals surface area (Å²) in [5.41, 5.74) is 3.11. The molecule has 1 aromatic carbocycles. The molecule has 3 rings (SSSR count). The highest BCUT2D eigenvalue weighted by molar-refractivity contribution is 14.1. The quantitative estimate of drug-likeness (QED) is 0.640. The van der Waals surface area contributed by atoms with Gasteiger partial charge in [-0.3, -0.25) is 4.79 Å². The topological polar surface area (TPSA) is 25.2 Å². The Morgan fingerprint density at radius 2 is 2.05 bits per heavy atom. The smallest absolute Gasteiger partial charge is 0.254 e. The average Bonchev–Trinajstić information content (AvgIpc) is 2.84. The predicted molar refractivity (Wildman–Crippen MR) is 92.8 cm³/mol. The van der Waals surface area contributed by atoms with E-state index in [-0.39, 0.29) is 11.9 Å². The molecule has 5 heteroatoms. The molecule has 1 amide bonds. The van der Waals surface area contributed by atoms with E-state index in [1.165, 1.54) is 11.4 Å². The lowest BCUT2D eigenvalue weighted by Gasteiger charge is -2.35. The van der Waals surface area contributed by atoms with Crippen molar-refractivity contribution in [3.05, 3.63) is 55.9 Å². The molecule has 3 nitrogen and oxygen atoms in total. The molecule has 1 atom stereocenters. The lowest BCUT2D eigenvalue weighted by molar-refractivity contribution is 0.0643. The number of aryl methyl sites for hydroxylation is 1. The fourth-order valence-corrected chi connectivity index (χ4v) is 3.41. The Labute approximate surface area is 143 Å². The minimum absolute atomic E-state index is 0.0471. The first-order chi connectivity index (χ1) is 9.99. The zero-order valence-corrected chi connectivity index (χ0v) is 14.9. The zero-order chi connectivity index (χ0) is 15.1. The van der Waals surface area contributed by atoms with Crippen LogP contribution in [-0.4, -0.2) is 21.9 Å². The number of rotatable bonds is 1. The van der Waals surface area contributed by atoms with Crippen molar-refractivity contribution in [2.75, 3.05) is 6.54 Å². The Morgan fingerprint density at radius 1 is 1.29 bits per heavy atom. The van der Waals surface area contributed by atoms with Gasteiger partial charge in [0.2, 0.25) is 0 Å². The van der Waals surface area contributed by atoms with Crippen LogP contribution in [0.25, 0.3) is 0 Å². The molecular weight excluding hydrogens is 399 g/mol. The summed E-state index contributed by atoms with van der Waals surface area (Å²) in [6.07, 6.45) is 0. The van der Waals surface area contributed by atoms with Crippen molar-refractivity contribution in [1.82, 2.24) is 9.47 Å². The highest BCUT2D eigenvalue weighted by Gasteiger charge is 2.29. The van der Waals surface area contributed by atoms with Crippen LogP contribution in [0.5, 0.6) is 0 Å². The van der Waals surface area contributed by atoms with Gasteiger partial charge < -0.3 is 9.47 Å². The summed E-state index contributed by atoms with van der Waals surface area (Å²) in [4.78, 5) is 14.7. The van der Waals surface area contributed by atoms with Gasteiger partial charge in [-0.25, -0.2) is 0 Å². The molecule has 2 heterocycles. The van der Waals surface area contributed by atoms with Gasteiger partial charge in [-0.1, -0.05) is 11.6 Å². The summed E-state index contributed by atoms with van der Waals surface area (Å²) in [7, 11) is 0. The second kappa shape index (κ2) is 5.65. The monoisotopic (exact) mass is 414 g/mol. The van der Waals surface area contributed by atoms with Gasteiger partial charge in [0.05, 0.1) is 11.1 Å². The Bertz CT molecular complexity index is 710. The molecule has 0 N–H and O–H groups in total. The second-order valence-electron chi connectivity index (χ2n) is 5.35. The van der Waals surface area contributed by atoms with Gasteiger partial charge in [-0.15, -0.1) is 0 Å². The van der Waals surface area contributed by atoms with Crippen LogP contribution < -0.4 is 0 Å². The van der Waals surface area contributed by atoms with Crippen molar-refractivity contribution in [2.45, 2.75) is 26.4 Å². The first-order valence-corrected chi connectivity index (χ1v) is 8.37. The first-order valence-electron chi connectivity index (χ1n) is 6.91. The van der Waals surface area contributed by atoms with E-state index >= 15 is 0 Å². The predicted octanol–water partition coefficient (Wildman–Crippen LogP) is 4.27. The van der Waals surface area contributed by atoms with Crippen LogP contribution >= 0.6 is 34.2 Å². The maximum absolute atomic E-state index is 12.7. The molecule has 2 aromatic rings. The van der Waals surface area contributed by atoms with Gasteiger partial charge >= 0.3 is 0 Å². The number of benzene rings is 1. The molecule has 0 radical (unpaired) electrons. The maximum Gasteiger partial charge on any atom is 0.254 e. The van der Waals surface area contributed by atoms with Gasteiger partial charge in [-0.05, 0) is 66.8 Å². The summed E-state index contributed by atoms with van der Waals surface area (Å²) in [5, 5.41) is 0.630. The molecule has 1 unspecified atom stereocenters. The number of aromatic nitrogens is 1. The van der Waals surface area contributed by atoms with E-state index in [4.69, 9.17) is 11.6 Å². The maximum atomic E-state index is 12.7. The van der Waals surface area contributed by atoms with Crippen molar-refractivity contribution in [3.8, 4) is 0 Å². The largest absolute Gasteiger partial charge is 0.345 e. The third kappa shape index (κ3) is 2.59. The van der Waals surface area contributed by atoms with E-state index in [9.17, 15) is 4.79 Å². The molecule has 1 aromatic heterocycles. The van der Waals surface area contributed by atoms with Crippen molar-refractivity contribution in [3.63, 3.8) is 0 Å². The summed E-state index contributed by atoms with van der Waals surface area (Å²) in [5.74, 6) is 0.0471. The number of fused-ring (bicyclic) bond motifs is 1. The van der Waals surface area contributed by atoms with Crippen molar-refractivity contribution >= 4 is 40.1 Å². The fraction of sp³-hybridized carbons (Fsp3) is 0.312. The molecule has 0 bridgehead atoms. The van der Waals surface area contributed by atoms with Crippen molar-refractivity contribution < 1.29 is 4.79 Å². The first kappa shape index (κ1) is 14.9. The number of halogens is 2. The van der Waals surface area contributed by atoms with Gasteiger partial charge in [0, 0.05) is 33.6 Å². The van der Waals surface area contributed by atoms with Crippen LogP contribution in [0.2, 0.25) is 5.02 Å². The third-order valence-corrected chi connectivity index (χ3v) is 5.69. The van der Waals surface area contributed by atoms with Crippen LogP contribution in [0.3, 0.4) is 0 Å². The summed E-state index contributed by atoms with van der Waals surface area (Å²) in [6, 6.07) is 9.80. The molecule has 1 aliphatic heterocycles. The molecule has 0 spiro atoms. The number of hydrogen-bond acceptors (Lipinski definition) is 1. The van der Waals surface area contributed by atoms with E-state index in [0.29, 0.717) is 10.6 Å². The molecular formula is C16H16ClIN2O. The molecule has 1 aliphatic rings. The van der Waals surface area contributed by atoms with Crippen LogP contribution in [0.1, 0.15) is 34.7 Å². The summed E-state index contributed by atoms with van der Waals surface area (Å²) >= 11 is 8.30. The van der Waals surface area contributed by atoms with Gasteiger partial charge in [0.25, 0.3) is 5.91 Å². The van der Waals surface area contributed by atoms with E-state index < -0.39 is 0 Å². The van der Waals surface area contributed by atoms with E-state index in [1.807, 2.05) is 17.0 Å². The minimum atomic E-state index is 0.0471. The average molecular weight is 415 g/mol. The molecule has 110 valence electrons.